The molecule has 10 rings (SSSR count). The molecule has 0 radical (unpaired) electrons. The SMILES string of the molecule is c1ccc2c(c1)C1=NC3=NC(=Nc4c5ccccc5c5n4Cn4c(c6ccccc6c4=N5)=NC2=N1)c1ccncc13. The highest BCUT2D eigenvalue weighted by Gasteiger charge is 2.29. The van der Waals surface area contributed by atoms with Gasteiger partial charge in [0.25, 0.3) is 0 Å². The molecule has 3 aromatic heterocycles. The maximum Gasteiger partial charge on any atom is 0.166 e. The van der Waals surface area contributed by atoms with Crippen LogP contribution in [0.15, 0.2) is 121 Å². The molecule has 4 aliphatic heterocycles. The third-order valence-electron chi connectivity index (χ3n) is 8.11. The van der Waals surface area contributed by atoms with Crippen molar-refractivity contribution in [3.05, 3.63) is 124 Å². The molecule has 9 heteroatoms. The number of aliphatic imine (C=N–C) groups is 4. The van der Waals surface area contributed by atoms with Gasteiger partial charge in [0.15, 0.2) is 23.3 Å². The Balaban J connectivity index is 1.41. The molecule has 3 aromatic carbocycles. The monoisotopic (exact) mass is 527 g/mol. The van der Waals surface area contributed by atoms with Crippen LogP contribution < -0.4 is 11.0 Å². The zero-order valence-electron chi connectivity index (χ0n) is 21.4. The van der Waals surface area contributed by atoms with Crippen molar-refractivity contribution in [3.63, 3.8) is 0 Å². The minimum atomic E-state index is 0.498. The van der Waals surface area contributed by atoms with Crippen LogP contribution in [0.25, 0.3) is 21.5 Å². The Morgan fingerprint density at radius 1 is 0.439 bits per heavy atom. The standard InChI is InChI=1S/C32H17N9/c1-2-8-18-17(7-1)25-34-26(18)37-29-20-9-3-5-11-22(20)31-39-32-23-12-6-4-10-21(23)30(41(32)16-40(29)31)38-27-19-13-14-33-15-24(19)28(35-25)36-27/h1-15H,16H2. The van der Waals surface area contributed by atoms with Crippen molar-refractivity contribution < 1.29 is 0 Å². The Labute approximate surface area is 231 Å². The molecule has 4 aliphatic rings. The van der Waals surface area contributed by atoms with Gasteiger partial charge in [-0.3, -0.25) is 14.1 Å². The van der Waals surface area contributed by atoms with Gasteiger partial charge in [0.05, 0.1) is 0 Å². The summed E-state index contributed by atoms with van der Waals surface area (Å²) >= 11 is 0. The molecule has 190 valence electrons. The summed E-state index contributed by atoms with van der Waals surface area (Å²) in [6.07, 6.45) is 3.55. The molecule has 0 saturated heterocycles. The summed E-state index contributed by atoms with van der Waals surface area (Å²) in [5.74, 6) is 3.98. The van der Waals surface area contributed by atoms with Crippen LogP contribution in [-0.2, 0) is 6.67 Å². The molecule has 0 amide bonds. The van der Waals surface area contributed by atoms with Crippen LogP contribution in [0.4, 0.5) is 11.6 Å². The predicted octanol–water partition coefficient (Wildman–Crippen LogP) is 4.44. The van der Waals surface area contributed by atoms with Gasteiger partial charge in [-0.2, -0.15) is 0 Å². The van der Waals surface area contributed by atoms with Crippen molar-refractivity contribution in [1.29, 1.82) is 0 Å². The molecule has 41 heavy (non-hydrogen) atoms. The summed E-state index contributed by atoms with van der Waals surface area (Å²) in [7, 11) is 0. The summed E-state index contributed by atoms with van der Waals surface area (Å²) in [6.45, 7) is 0.498. The van der Waals surface area contributed by atoms with Crippen molar-refractivity contribution >= 4 is 56.5 Å². The van der Waals surface area contributed by atoms with E-state index in [2.05, 4.69) is 38.4 Å². The van der Waals surface area contributed by atoms with Crippen LogP contribution in [0.3, 0.4) is 0 Å². The fraction of sp³-hybridized carbons (Fsp3) is 0.0312. The highest BCUT2D eigenvalue weighted by atomic mass is 15.3. The van der Waals surface area contributed by atoms with E-state index in [1.165, 1.54) is 0 Å². The molecule has 0 fully saturated rings. The first kappa shape index (κ1) is 21.0. The van der Waals surface area contributed by atoms with E-state index in [0.717, 1.165) is 66.4 Å². The van der Waals surface area contributed by atoms with E-state index in [-0.39, 0.29) is 0 Å². The highest BCUT2D eigenvalue weighted by molar-refractivity contribution is 6.29. The Morgan fingerprint density at radius 3 is 1.66 bits per heavy atom. The van der Waals surface area contributed by atoms with E-state index in [1.807, 2.05) is 54.6 Å². The van der Waals surface area contributed by atoms with Crippen LogP contribution in [-0.4, -0.2) is 37.5 Å². The Bertz CT molecular complexity index is 2450. The van der Waals surface area contributed by atoms with Crippen LogP contribution in [0.5, 0.6) is 0 Å². The number of rotatable bonds is 0. The number of hydrogen-bond acceptors (Lipinski definition) is 7. The van der Waals surface area contributed by atoms with E-state index in [1.54, 1.807) is 12.4 Å². The molecule has 0 spiro atoms. The van der Waals surface area contributed by atoms with Crippen LogP contribution in [0, 0.1) is 0 Å². The van der Waals surface area contributed by atoms with Gasteiger partial charge in [0, 0.05) is 56.2 Å². The molecule has 0 atom stereocenters. The van der Waals surface area contributed by atoms with E-state index >= 15 is 0 Å². The van der Waals surface area contributed by atoms with Gasteiger partial charge in [-0.05, 0) is 6.07 Å². The van der Waals surface area contributed by atoms with Crippen molar-refractivity contribution in [3.8, 4) is 0 Å². The number of benzene rings is 3. The number of hydrogen-bond donors (Lipinski definition) is 0. The average molecular weight is 528 g/mol. The van der Waals surface area contributed by atoms with E-state index < -0.39 is 0 Å². The molecule has 6 bridgehead atoms. The quantitative estimate of drug-likeness (QED) is 0.286. The zero-order chi connectivity index (χ0) is 26.7. The Morgan fingerprint density at radius 2 is 0.951 bits per heavy atom. The zero-order valence-corrected chi connectivity index (χ0v) is 21.4. The summed E-state index contributed by atoms with van der Waals surface area (Å²) < 4.78 is 4.31. The second kappa shape index (κ2) is 7.42. The lowest BCUT2D eigenvalue weighted by Gasteiger charge is -2.15. The average Bonchev–Trinajstić information content (AvgIpc) is 3.73. The van der Waals surface area contributed by atoms with Gasteiger partial charge in [0.1, 0.15) is 29.3 Å². The van der Waals surface area contributed by atoms with Gasteiger partial charge in [-0.1, -0.05) is 72.8 Å². The summed E-state index contributed by atoms with van der Waals surface area (Å²) in [6, 6.07) is 26.6. The molecule has 0 N–H and O–H groups in total. The minimum absolute atomic E-state index is 0.498. The molecule has 9 nitrogen and oxygen atoms in total. The number of nitrogens with zero attached hydrogens (tertiary/aromatic N) is 9. The first-order chi connectivity index (χ1) is 20.3. The van der Waals surface area contributed by atoms with Crippen LogP contribution >= 0.6 is 0 Å². The van der Waals surface area contributed by atoms with Gasteiger partial charge in [0.2, 0.25) is 0 Å². The largest absolute Gasteiger partial charge is 0.291 e. The fourth-order valence-electron chi connectivity index (χ4n) is 6.24. The number of amidine groups is 4. The normalized spacial score (nSPS) is 15.7. The molecular weight excluding hydrogens is 510 g/mol. The third-order valence-corrected chi connectivity index (χ3v) is 8.11. The fourth-order valence-corrected chi connectivity index (χ4v) is 6.24. The first-order valence-electron chi connectivity index (χ1n) is 13.4. The topological polar surface area (TPSA) is 96.9 Å². The third kappa shape index (κ3) is 2.71. The Kier molecular flexibility index (Phi) is 3.81. The van der Waals surface area contributed by atoms with Gasteiger partial charge < -0.3 is 0 Å². The molecule has 7 heterocycles. The lowest BCUT2D eigenvalue weighted by molar-refractivity contribution is 0.561. The van der Waals surface area contributed by atoms with E-state index in [0.29, 0.717) is 30.0 Å². The minimum Gasteiger partial charge on any atom is -0.291 e. The molecule has 6 aromatic rings. The smallest absolute Gasteiger partial charge is 0.166 e. The van der Waals surface area contributed by atoms with Crippen molar-refractivity contribution in [2.24, 2.45) is 30.0 Å². The van der Waals surface area contributed by atoms with Gasteiger partial charge in [-0.25, -0.2) is 30.0 Å². The van der Waals surface area contributed by atoms with Crippen LogP contribution in [0.2, 0.25) is 0 Å². The van der Waals surface area contributed by atoms with Crippen LogP contribution in [0.1, 0.15) is 22.3 Å². The van der Waals surface area contributed by atoms with Gasteiger partial charge in [-0.15, -0.1) is 0 Å². The van der Waals surface area contributed by atoms with Crippen molar-refractivity contribution in [1.82, 2.24) is 14.1 Å². The molecular formula is C32H17N9. The first-order valence-corrected chi connectivity index (χ1v) is 13.4. The number of aromatic nitrogens is 3. The lowest BCUT2D eigenvalue weighted by atomic mass is 10.1. The second-order valence-electron chi connectivity index (χ2n) is 10.3. The molecule has 0 aliphatic carbocycles. The van der Waals surface area contributed by atoms with Crippen molar-refractivity contribution in [2.45, 2.75) is 6.67 Å². The summed E-state index contributed by atoms with van der Waals surface area (Å²) in [5.41, 5.74) is 5.24. The number of pyridine rings is 1. The van der Waals surface area contributed by atoms with E-state index in [4.69, 9.17) is 30.0 Å². The van der Waals surface area contributed by atoms with Crippen molar-refractivity contribution in [2.75, 3.05) is 0 Å². The predicted molar refractivity (Wildman–Crippen MR) is 158 cm³/mol. The number of fused-ring (bicyclic) bond motifs is 14. The highest BCUT2D eigenvalue weighted by Crippen LogP contribution is 2.40. The molecule has 0 saturated carbocycles. The maximum atomic E-state index is 5.26. The summed E-state index contributed by atoms with van der Waals surface area (Å²) in [5, 5.41) is 4.13. The maximum absolute atomic E-state index is 5.26. The molecule has 0 unspecified atom stereocenters. The summed E-state index contributed by atoms with van der Waals surface area (Å²) in [4.78, 5) is 34.9. The lowest BCUT2D eigenvalue weighted by Crippen LogP contribution is -2.33. The Hall–Kier alpha value is -5.83. The van der Waals surface area contributed by atoms with Gasteiger partial charge >= 0.3 is 0 Å². The van der Waals surface area contributed by atoms with E-state index in [9.17, 15) is 0 Å². The second-order valence-corrected chi connectivity index (χ2v) is 10.3.